The van der Waals surface area contributed by atoms with Gasteiger partial charge in [-0.05, 0) is 6.07 Å². The van der Waals surface area contributed by atoms with Gasteiger partial charge >= 0.3 is 5.97 Å². The van der Waals surface area contributed by atoms with Crippen molar-refractivity contribution < 1.29 is 29.7 Å². The summed E-state index contributed by atoms with van der Waals surface area (Å²) in [5.74, 6) is -1.38. The Morgan fingerprint density at radius 2 is 2.05 bits per heavy atom. The molecule has 2 unspecified atom stereocenters. The van der Waals surface area contributed by atoms with Crippen LogP contribution in [-0.4, -0.2) is 46.7 Å². The highest BCUT2D eigenvalue weighted by Crippen LogP contribution is 2.26. The fraction of sp³-hybridized carbons (Fsp3) is 0.308. The number of aliphatic hydroxyl groups is 2. The largest absolute Gasteiger partial charge is 0.469 e. The number of hydrogen-bond donors (Lipinski definition) is 4. The van der Waals surface area contributed by atoms with Crippen LogP contribution >= 0.6 is 0 Å². The van der Waals surface area contributed by atoms with Crippen LogP contribution in [-0.2, 0) is 14.3 Å². The van der Waals surface area contributed by atoms with E-state index in [2.05, 4.69) is 15.2 Å². The number of rotatable bonds is 6. The van der Waals surface area contributed by atoms with Crippen LogP contribution in [0, 0.1) is 0 Å². The van der Waals surface area contributed by atoms with Gasteiger partial charge in [-0.15, -0.1) is 0 Å². The molecule has 1 aromatic carbocycles. The standard InChI is InChI=1S/C13H16N2O6/c1-21-12(18)6-10(16)13(19)8-4-2-3-5-9(8)15-11(17)7-14-20/h2-5,7,10,13,16,19-20H,6H2,1H3,(H,15,17). The van der Waals surface area contributed by atoms with Gasteiger partial charge < -0.3 is 25.5 Å². The Bertz CT molecular complexity index is 531. The molecule has 0 aliphatic carbocycles. The lowest BCUT2D eigenvalue weighted by molar-refractivity contribution is -0.144. The molecule has 0 aliphatic rings. The Balaban J connectivity index is 2.91. The first-order valence-corrected chi connectivity index (χ1v) is 6.00. The predicted octanol–water partition coefficient (Wildman–Crippen LogP) is 0.0425. The van der Waals surface area contributed by atoms with Crippen molar-refractivity contribution in [3.05, 3.63) is 29.8 Å². The molecule has 1 aromatic rings. The summed E-state index contributed by atoms with van der Waals surface area (Å²) in [5.41, 5.74) is 0.437. The van der Waals surface area contributed by atoms with Crippen molar-refractivity contribution in [3.63, 3.8) is 0 Å². The second-order valence-electron chi connectivity index (χ2n) is 4.11. The van der Waals surface area contributed by atoms with Gasteiger partial charge in [-0.25, -0.2) is 0 Å². The second-order valence-corrected chi connectivity index (χ2v) is 4.11. The molecule has 0 bridgehead atoms. The second kappa shape index (κ2) is 7.98. The van der Waals surface area contributed by atoms with Crippen molar-refractivity contribution in [1.82, 2.24) is 0 Å². The van der Waals surface area contributed by atoms with Gasteiger partial charge in [0, 0.05) is 11.3 Å². The quantitative estimate of drug-likeness (QED) is 0.254. The SMILES string of the molecule is COC(=O)CC(O)C(O)c1ccccc1NC(=O)C=NO. The molecular formula is C13H16N2O6. The van der Waals surface area contributed by atoms with Crippen LogP contribution in [0.4, 0.5) is 5.69 Å². The highest BCUT2D eigenvalue weighted by atomic mass is 16.5. The van der Waals surface area contributed by atoms with E-state index in [0.717, 1.165) is 0 Å². The minimum absolute atomic E-state index is 0.216. The Morgan fingerprint density at radius 1 is 1.38 bits per heavy atom. The van der Waals surface area contributed by atoms with Crippen LogP contribution in [0.2, 0.25) is 0 Å². The van der Waals surface area contributed by atoms with Crippen molar-refractivity contribution in [2.45, 2.75) is 18.6 Å². The van der Waals surface area contributed by atoms with E-state index in [1.165, 1.54) is 19.2 Å². The van der Waals surface area contributed by atoms with Crippen molar-refractivity contribution in [1.29, 1.82) is 0 Å². The molecule has 0 aromatic heterocycles. The summed E-state index contributed by atoms with van der Waals surface area (Å²) in [6, 6.07) is 6.18. The number of methoxy groups -OCH3 is 1. The van der Waals surface area contributed by atoms with Crippen LogP contribution < -0.4 is 5.32 Å². The predicted molar refractivity (Wildman–Crippen MR) is 72.9 cm³/mol. The number of carbonyl (C=O) groups is 2. The Morgan fingerprint density at radius 3 is 2.67 bits per heavy atom. The molecule has 0 saturated heterocycles. The molecule has 8 nitrogen and oxygen atoms in total. The summed E-state index contributed by atoms with van der Waals surface area (Å²) >= 11 is 0. The maximum atomic E-state index is 11.3. The summed E-state index contributed by atoms with van der Waals surface area (Å²) in [7, 11) is 1.17. The molecule has 0 aliphatic heterocycles. The summed E-state index contributed by atoms with van der Waals surface area (Å²) in [5, 5.41) is 33.1. The molecule has 4 N–H and O–H groups in total. The van der Waals surface area contributed by atoms with E-state index in [4.69, 9.17) is 5.21 Å². The number of amides is 1. The van der Waals surface area contributed by atoms with E-state index in [1.807, 2.05) is 0 Å². The molecule has 0 radical (unpaired) electrons. The van der Waals surface area contributed by atoms with E-state index in [0.29, 0.717) is 6.21 Å². The maximum Gasteiger partial charge on any atom is 0.308 e. The average Bonchev–Trinajstić information content (AvgIpc) is 2.47. The number of esters is 1. The number of aliphatic hydroxyl groups excluding tert-OH is 2. The third-order valence-corrected chi connectivity index (χ3v) is 2.68. The van der Waals surface area contributed by atoms with E-state index >= 15 is 0 Å². The minimum Gasteiger partial charge on any atom is -0.469 e. The number of benzene rings is 1. The number of para-hydroxylation sites is 1. The molecule has 8 heteroatoms. The number of oxime groups is 1. The third-order valence-electron chi connectivity index (χ3n) is 2.68. The molecular weight excluding hydrogens is 280 g/mol. The zero-order valence-corrected chi connectivity index (χ0v) is 11.3. The van der Waals surface area contributed by atoms with Gasteiger partial charge in [0.1, 0.15) is 12.3 Å². The van der Waals surface area contributed by atoms with Crippen molar-refractivity contribution in [2.75, 3.05) is 12.4 Å². The van der Waals surface area contributed by atoms with Gasteiger partial charge in [-0.1, -0.05) is 23.4 Å². The first-order valence-electron chi connectivity index (χ1n) is 6.00. The normalized spacial score (nSPS) is 13.7. The molecule has 0 fully saturated rings. The van der Waals surface area contributed by atoms with E-state index in [1.54, 1.807) is 12.1 Å². The van der Waals surface area contributed by atoms with Crippen molar-refractivity contribution in [3.8, 4) is 0 Å². The third kappa shape index (κ3) is 4.86. The molecule has 0 spiro atoms. The van der Waals surface area contributed by atoms with Crippen LogP contribution in [0.5, 0.6) is 0 Å². The topological polar surface area (TPSA) is 128 Å². The molecule has 2 atom stereocenters. The van der Waals surface area contributed by atoms with Crippen molar-refractivity contribution in [2.24, 2.45) is 5.16 Å². The summed E-state index contributed by atoms with van der Waals surface area (Å²) < 4.78 is 4.41. The molecule has 21 heavy (non-hydrogen) atoms. The van der Waals surface area contributed by atoms with E-state index in [9.17, 15) is 19.8 Å². The number of nitrogens with zero attached hydrogens (tertiary/aromatic N) is 1. The van der Waals surface area contributed by atoms with Gasteiger partial charge in [-0.3, -0.25) is 9.59 Å². The minimum atomic E-state index is -1.40. The van der Waals surface area contributed by atoms with E-state index in [-0.39, 0.29) is 11.3 Å². The molecule has 0 saturated carbocycles. The van der Waals surface area contributed by atoms with Gasteiger partial charge in [0.05, 0.1) is 19.6 Å². The maximum absolute atomic E-state index is 11.3. The van der Waals surface area contributed by atoms with Crippen LogP contribution in [0.25, 0.3) is 0 Å². The van der Waals surface area contributed by atoms with Gasteiger partial charge in [0.25, 0.3) is 5.91 Å². The summed E-state index contributed by atoms with van der Waals surface area (Å²) in [6.45, 7) is 0. The van der Waals surface area contributed by atoms with Gasteiger partial charge in [0.15, 0.2) is 0 Å². The molecule has 1 amide bonds. The first kappa shape index (κ1) is 16.6. The molecule has 114 valence electrons. The van der Waals surface area contributed by atoms with Crippen LogP contribution in [0.3, 0.4) is 0 Å². The van der Waals surface area contributed by atoms with E-state index < -0.39 is 30.5 Å². The monoisotopic (exact) mass is 296 g/mol. The lowest BCUT2D eigenvalue weighted by Gasteiger charge is -2.20. The highest BCUT2D eigenvalue weighted by molar-refractivity contribution is 6.31. The number of anilines is 1. The molecule has 1 rings (SSSR count). The van der Waals surface area contributed by atoms with Crippen molar-refractivity contribution >= 4 is 23.8 Å². The lowest BCUT2D eigenvalue weighted by Crippen LogP contribution is -2.24. The average molecular weight is 296 g/mol. The zero-order chi connectivity index (χ0) is 15.8. The van der Waals surface area contributed by atoms with Gasteiger partial charge in [0.2, 0.25) is 0 Å². The lowest BCUT2D eigenvalue weighted by atomic mass is 10.0. The Hall–Kier alpha value is -2.45. The summed E-state index contributed by atoms with van der Waals surface area (Å²) in [4.78, 5) is 22.4. The number of nitrogens with one attached hydrogen (secondary N) is 1. The number of ether oxygens (including phenoxy) is 1. The zero-order valence-electron chi connectivity index (χ0n) is 11.3. The Kier molecular flexibility index (Phi) is 6.31. The first-order chi connectivity index (χ1) is 9.99. The highest BCUT2D eigenvalue weighted by Gasteiger charge is 2.24. The van der Waals surface area contributed by atoms with Crippen LogP contribution in [0.1, 0.15) is 18.1 Å². The smallest absolute Gasteiger partial charge is 0.308 e. The number of hydrogen-bond acceptors (Lipinski definition) is 7. The fourth-order valence-corrected chi connectivity index (χ4v) is 1.66. The fourth-order valence-electron chi connectivity index (χ4n) is 1.66. The van der Waals surface area contributed by atoms with Crippen LogP contribution in [0.15, 0.2) is 29.4 Å². The number of carbonyl (C=O) groups excluding carboxylic acids is 2. The Labute approximate surface area is 120 Å². The molecule has 0 heterocycles. The summed E-state index contributed by atoms with van der Waals surface area (Å²) in [6.07, 6.45) is -2.53. The van der Waals surface area contributed by atoms with Gasteiger partial charge in [-0.2, -0.15) is 0 Å².